The van der Waals surface area contributed by atoms with Crippen LogP contribution in [0.1, 0.15) is 17.6 Å². The zero-order valence-electron chi connectivity index (χ0n) is 9.31. The van der Waals surface area contributed by atoms with Crippen molar-refractivity contribution in [2.75, 3.05) is 18.1 Å². The van der Waals surface area contributed by atoms with E-state index in [0.29, 0.717) is 6.04 Å². The molecule has 16 heavy (non-hydrogen) atoms. The number of aryl methyl sites for hydroxylation is 1. The maximum absolute atomic E-state index is 4.57. The molecule has 0 saturated carbocycles. The lowest BCUT2D eigenvalue weighted by Gasteiger charge is -2.22. The van der Waals surface area contributed by atoms with E-state index in [0.717, 1.165) is 18.1 Å². The molecule has 0 amide bonds. The monoisotopic (exact) mass is 233 g/mol. The first kappa shape index (κ1) is 10.2. The molecule has 3 heterocycles. The summed E-state index contributed by atoms with van der Waals surface area (Å²) in [7, 11) is 0. The number of hydrogen-bond donors (Lipinski definition) is 1. The number of thioether (sulfide) groups is 1. The van der Waals surface area contributed by atoms with Crippen LogP contribution in [0.4, 0.5) is 0 Å². The van der Waals surface area contributed by atoms with E-state index in [2.05, 4.69) is 39.8 Å². The molecule has 0 radical (unpaired) electrons. The molecule has 0 aromatic carbocycles. The summed E-state index contributed by atoms with van der Waals surface area (Å²) in [5, 5.41) is 3.54. The van der Waals surface area contributed by atoms with Gasteiger partial charge in [0.05, 0.1) is 17.8 Å². The molecule has 1 aliphatic heterocycles. The molecule has 0 bridgehead atoms. The molecule has 4 heteroatoms. The molecule has 1 unspecified atom stereocenters. The molecule has 1 N–H and O–H groups in total. The minimum atomic E-state index is 0.391. The van der Waals surface area contributed by atoms with Gasteiger partial charge in [-0.1, -0.05) is 6.07 Å². The quantitative estimate of drug-likeness (QED) is 0.817. The van der Waals surface area contributed by atoms with Gasteiger partial charge in [-0.25, -0.2) is 4.98 Å². The third kappa shape index (κ3) is 1.62. The number of fused-ring (bicyclic) bond motifs is 1. The van der Waals surface area contributed by atoms with Gasteiger partial charge in [-0.15, -0.1) is 0 Å². The number of hydrogen-bond acceptors (Lipinski definition) is 3. The number of rotatable bonds is 1. The highest BCUT2D eigenvalue weighted by Crippen LogP contribution is 2.22. The van der Waals surface area contributed by atoms with Crippen molar-refractivity contribution >= 4 is 17.3 Å². The van der Waals surface area contributed by atoms with E-state index in [9.17, 15) is 0 Å². The second kappa shape index (κ2) is 4.11. The van der Waals surface area contributed by atoms with Crippen molar-refractivity contribution < 1.29 is 0 Å². The summed E-state index contributed by atoms with van der Waals surface area (Å²) in [5.74, 6) is 3.48. The van der Waals surface area contributed by atoms with Gasteiger partial charge in [-0.2, -0.15) is 11.8 Å². The van der Waals surface area contributed by atoms with Gasteiger partial charge in [-0.3, -0.25) is 4.40 Å². The normalized spacial score (nSPS) is 21.4. The fourth-order valence-electron chi connectivity index (χ4n) is 2.22. The van der Waals surface area contributed by atoms with E-state index in [1.165, 1.54) is 17.0 Å². The minimum absolute atomic E-state index is 0.391. The molecule has 1 aliphatic rings. The predicted molar refractivity (Wildman–Crippen MR) is 68.0 cm³/mol. The Morgan fingerprint density at radius 3 is 3.25 bits per heavy atom. The van der Waals surface area contributed by atoms with E-state index >= 15 is 0 Å². The lowest BCUT2D eigenvalue weighted by molar-refractivity contribution is 0.560. The number of nitrogens with one attached hydrogen (secondary N) is 1. The highest BCUT2D eigenvalue weighted by molar-refractivity contribution is 7.99. The van der Waals surface area contributed by atoms with E-state index < -0.39 is 0 Å². The average Bonchev–Trinajstić information content (AvgIpc) is 2.75. The van der Waals surface area contributed by atoms with Crippen molar-refractivity contribution in [3.8, 4) is 0 Å². The van der Waals surface area contributed by atoms with Gasteiger partial charge in [-0.05, 0) is 19.1 Å². The fraction of sp³-hybridized carbons (Fsp3) is 0.417. The summed E-state index contributed by atoms with van der Waals surface area (Å²) < 4.78 is 2.25. The van der Waals surface area contributed by atoms with Crippen LogP contribution in [0, 0.1) is 6.92 Å². The van der Waals surface area contributed by atoms with Crippen LogP contribution in [-0.2, 0) is 0 Å². The largest absolute Gasteiger partial charge is 0.306 e. The van der Waals surface area contributed by atoms with Gasteiger partial charge in [0.25, 0.3) is 0 Å². The second-order valence-corrected chi connectivity index (χ2v) is 5.28. The second-order valence-electron chi connectivity index (χ2n) is 4.13. The number of pyridine rings is 1. The van der Waals surface area contributed by atoms with Crippen LogP contribution in [-0.4, -0.2) is 27.4 Å². The van der Waals surface area contributed by atoms with Gasteiger partial charge in [0.1, 0.15) is 5.82 Å². The van der Waals surface area contributed by atoms with E-state index in [-0.39, 0.29) is 0 Å². The SMILES string of the molecule is Cc1cccc2cnc(C3CSCCN3)n12. The van der Waals surface area contributed by atoms with E-state index in [4.69, 9.17) is 0 Å². The van der Waals surface area contributed by atoms with Crippen molar-refractivity contribution in [2.24, 2.45) is 0 Å². The first-order valence-electron chi connectivity index (χ1n) is 5.60. The van der Waals surface area contributed by atoms with Crippen LogP contribution in [0.25, 0.3) is 5.52 Å². The Balaban J connectivity index is 2.09. The summed E-state index contributed by atoms with van der Waals surface area (Å²) in [5.41, 5.74) is 2.44. The van der Waals surface area contributed by atoms with Crippen LogP contribution in [0.3, 0.4) is 0 Å². The van der Waals surface area contributed by atoms with E-state index in [1.54, 1.807) is 0 Å². The zero-order valence-corrected chi connectivity index (χ0v) is 10.1. The van der Waals surface area contributed by atoms with Crippen molar-refractivity contribution in [2.45, 2.75) is 13.0 Å². The molecule has 0 spiro atoms. The molecule has 3 rings (SSSR count). The summed E-state index contributed by atoms with van der Waals surface area (Å²) in [6, 6.07) is 6.72. The Morgan fingerprint density at radius 2 is 2.44 bits per heavy atom. The van der Waals surface area contributed by atoms with E-state index in [1.807, 2.05) is 18.0 Å². The lowest BCUT2D eigenvalue weighted by atomic mass is 10.3. The fourth-order valence-corrected chi connectivity index (χ4v) is 3.15. The van der Waals surface area contributed by atoms with Gasteiger partial charge < -0.3 is 5.32 Å². The first-order chi connectivity index (χ1) is 7.86. The Labute approximate surface area is 99.3 Å². The summed E-state index contributed by atoms with van der Waals surface area (Å²) in [6.07, 6.45) is 1.96. The maximum Gasteiger partial charge on any atom is 0.131 e. The minimum Gasteiger partial charge on any atom is -0.306 e. The molecule has 1 fully saturated rings. The standard InChI is InChI=1S/C12H15N3S/c1-9-3-2-4-10-7-14-12(15(9)10)11-8-16-6-5-13-11/h2-4,7,11,13H,5-6,8H2,1H3. The van der Waals surface area contributed by atoms with Crippen LogP contribution < -0.4 is 5.32 Å². The predicted octanol–water partition coefficient (Wildman–Crippen LogP) is 2.02. The smallest absolute Gasteiger partial charge is 0.131 e. The van der Waals surface area contributed by atoms with Crippen molar-refractivity contribution in [3.63, 3.8) is 0 Å². The molecular formula is C12H15N3S. The average molecular weight is 233 g/mol. The van der Waals surface area contributed by atoms with Crippen LogP contribution >= 0.6 is 11.8 Å². The highest BCUT2D eigenvalue weighted by Gasteiger charge is 2.19. The Kier molecular flexibility index (Phi) is 2.61. The van der Waals surface area contributed by atoms with Crippen molar-refractivity contribution in [1.29, 1.82) is 0 Å². The zero-order chi connectivity index (χ0) is 11.0. The number of aromatic nitrogens is 2. The number of nitrogens with zero attached hydrogens (tertiary/aromatic N) is 2. The number of imidazole rings is 1. The third-order valence-corrected chi connectivity index (χ3v) is 4.07. The molecule has 2 aromatic heterocycles. The Morgan fingerprint density at radius 1 is 1.50 bits per heavy atom. The van der Waals surface area contributed by atoms with Crippen LogP contribution in [0.5, 0.6) is 0 Å². The van der Waals surface area contributed by atoms with Gasteiger partial charge in [0.2, 0.25) is 0 Å². The maximum atomic E-state index is 4.57. The molecular weight excluding hydrogens is 218 g/mol. The van der Waals surface area contributed by atoms with Gasteiger partial charge >= 0.3 is 0 Å². The Hall–Kier alpha value is -1.00. The Bertz CT molecular complexity index is 500. The first-order valence-corrected chi connectivity index (χ1v) is 6.76. The topological polar surface area (TPSA) is 29.3 Å². The lowest BCUT2D eigenvalue weighted by Crippen LogP contribution is -2.31. The molecule has 2 aromatic rings. The summed E-state index contributed by atoms with van der Waals surface area (Å²) in [6.45, 7) is 3.21. The van der Waals surface area contributed by atoms with Gasteiger partial charge in [0, 0.05) is 23.7 Å². The van der Waals surface area contributed by atoms with Crippen LogP contribution in [0.15, 0.2) is 24.4 Å². The third-order valence-electron chi connectivity index (χ3n) is 3.01. The van der Waals surface area contributed by atoms with Crippen LogP contribution in [0.2, 0.25) is 0 Å². The molecule has 1 atom stereocenters. The summed E-state index contributed by atoms with van der Waals surface area (Å²) in [4.78, 5) is 4.57. The van der Waals surface area contributed by atoms with Crippen molar-refractivity contribution in [3.05, 3.63) is 35.9 Å². The molecule has 0 aliphatic carbocycles. The van der Waals surface area contributed by atoms with Gasteiger partial charge in [0.15, 0.2) is 0 Å². The molecule has 84 valence electrons. The highest BCUT2D eigenvalue weighted by atomic mass is 32.2. The molecule has 1 saturated heterocycles. The summed E-state index contributed by atoms with van der Waals surface area (Å²) >= 11 is 2.00. The van der Waals surface area contributed by atoms with Crippen molar-refractivity contribution in [1.82, 2.24) is 14.7 Å². The molecule has 3 nitrogen and oxygen atoms in total.